The van der Waals surface area contributed by atoms with Crippen molar-refractivity contribution in [1.29, 1.82) is 0 Å². The summed E-state index contributed by atoms with van der Waals surface area (Å²) in [6.45, 7) is 2.20. The number of nitrogens with one attached hydrogen (secondary N) is 1. The van der Waals surface area contributed by atoms with Crippen molar-refractivity contribution in [3.8, 4) is 0 Å². The fourth-order valence-electron chi connectivity index (χ4n) is 1.94. The van der Waals surface area contributed by atoms with E-state index >= 15 is 0 Å². The van der Waals surface area contributed by atoms with Gasteiger partial charge in [-0.15, -0.1) is 0 Å². The Labute approximate surface area is 95.9 Å². The number of hydrogen-bond donors (Lipinski definition) is 1. The first-order valence-corrected chi connectivity index (χ1v) is 6.76. The zero-order valence-electron chi connectivity index (χ0n) is 9.15. The largest absolute Gasteiger partial charge is 0.305 e. The lowest BCUT2D eigenvalue weighted by Gasteiger charge is -2.26. The van der Waals surface area contributed by atoms with Crippen LogP contribution in [-0.4, -0.2) is 22.5 Å². The summed E-state index contributed by atoms with van der Waals surface area (Å²) in [5.41, 5.74) is 1.15. The first-order chi connectivity index (χ1) is 7.36. The number of aromatic nitrogens is 1. The van der Waals surface area contributed by atoms with Gasteiger partial charge in [0.25, 0.3) is 0 Å². The summed E-state index contributed by atoms with van der Waals surface area (Å²) in [5.74, 6) is 2.58. The van der Waals surface area contributed by atoms with E-state index in [2.05, 4.69) is 41.1 Å². The molecule has 3 heteroatoms. The highest BCUT2D eigenvalue weighted by Crippen LogP contribution is 2.19. The van der Waals surface area contributed by atoms with Gasteiger partial charge in [0.15, 0.2) is 0 Å². The number of rotatable bonds is 3. The van der Waals surface area contributed by atoms with Crippen molar-refractivity contribution in [2.45, 2.75) is 31.8 Å². The second kappa shape index (κ2) is 5.52. The molecule has 0 radical (unpaired) electrons. The highest BCUT2D eigenvalue weighted by atomic mass is 32.2. The van der Waals surface area contributed by atoms with Gasteiger partial charge in [0.05, 0.1) is 5.69 Å². The molecule has 0 aromatic carbocycles. The Morgan fingerprint density at radius 2 is 2.47 bits per heavy atom. The van der Waals surface area contributed by atoms with Crippen LogP contribution in [0.5, 0.6) is 0 Å². The molecule has 1 aliphatic rings. The minimum Gasteiger partial charge on any atom is -0.305 e. The molecule has 2 nitrogen and oxygen atoms in total. The molecule has 1 aromatic rings. The average molecular weight is 222 g/mol. The molecular formula is C12H18N2S. The van der Waals surface area contributed by atoms with Crippen molar-refractivity contribution in [3.05, 3.63) is 30.1 Å². The topological polar surface area (TPSA) is 24.9 Å². The van der Waals surface area contributed by atoms with Crippen molar-refractivity contribution < 1.29 is 0 Å². The van der Waals surface area contributed by atoms with Gasteiger partial charge in [0, 0.05) is 24.0 Å². The maximum Gasteiger partial charge on any atom is 0.0570 e. The molecule has 1 N–H and O–H groups in total. The molecular weight excluding hydrogens is 204 g/mol. The Morgan fingerprint density at radius 1 is 1.53 bits per heavy atom. The molecule has 0 saturated carbocycles. The molecule has 82 valence electrons. The lowest BCUT2D eigenvalue weighted by Crippen LogP contribution is -2.35. The maximum absolute atomic E-state index is 4.37. The minimum absolute atomic E-state index is 0.370. The number of thioether (sulfide) groups is 1. The van der Waals surface area contributed by atoms with Crippen LogP contribution in [0.15, 0.2) is 24.4 Å². The average Bonchev–Trinajstić information content (AvgIpc) is 2.31. The molecule has 1 aliphatic heterocycles. The zero-order valence-corrected chi connectivity index (χ0v) is 9.96. The van der Waals surface area contributed by atoms with Gasteiger partial charge in [-0.3, -0.25) is 4.98 Å². The van der Waals surface area contributed by atoms with Gasteiger partial charge >= 0.3 is 0 Å². The van der Waals surface area contributed by atoms with Crippen molar-refractivity contribution in [2.75, 3.05) is 11.5 Å². The van der Waals surface area contributed by atoms with Gasteiger partial charge in [0.2, 0.25) is 0 Å². The first-order valence-electron chi connectivity index (χ1n) is 5.61. The van der Waals surface area contributed by atoms with Crippen LogP contribution >= 0.6 is 11.8 Å². The van der Waals surface area contributed by atoms with E-state index in [1.807, 2.05) is 12.3 Å². The van der Waals surface area contributed by atoms with Crippen LogP contribution in [-0.2, 0) is 0 Å². The third-order valence-corrected chi connectivity index (χ3v) is 3.99. The zero-order chi connectivity index (χ0) is 10.5. The summed E-state index contributed by atoms with van der Waals surface area (Å²) >= 11 is 2.06. The Morgan fingerprint density at radius 3 is 3.13 bits per heavy atom. The molecule has 1 fully saturated rings. The van der Waals surface area contributed by atoms with Gasteiger partial charge in [-0.1, -0.05) is 6.07 Å². The van der Waals surface area contributed by atoms with E-state index in [1.165, 1.54) is 24.3 Å². The van der Waals surface area contributed by atoms with Crippen LogP contribution in [0.1, 0.15) is 31.5 Å². The van der Waals surface area contributed by atoms with Crippen molar-refractivity contribution in [1.82, 2.24) is 10.3 Å². The first kappa shape index (κ1) is 11.0. The van der Waals surface area contributed by atoms with Gasteiger partial charge in [-0.05, 0) is 37.7 Å². The van der Waals surface area contributed by atoms with Crippen LogP contribution in [0.4, 0.5) is 0 Å². The molecule has 0 aliphatic carbocycles. The molecule has 15 heavy (non-hydrogen) atoms. The quantitative estimate of drug-likeness (QED) is 0.851. The summed E-state index contributed by atoms with van der Waals surface area (Å²) in [5, 5.41) is 3.65. The molecule has 0 bridgehead atoms. The second-order valence-electron chi connectivity index (χ2n) is 4.06. The molecule has 2 atom stereocenters. The van der Waals surface area contributed by atoms with E-state index in [-0.39, 0.29) is 0 Å². The van der Waals surface area contributed by atoms with E-state index in [0.717, 1.165) is 5.69 Å². The molecule has 0 spiro atoms. The predicted molar refractivity (Wildman–Crippen MR) is 66.1 cm³/mol. The molecule has 2 heterocycles. The van der Waals surface area contributed by atoms with Crippen LogP contribution in [0.25, 0.3) is 0 Å². The Balaban J connectivity index is 1.88. The Kier molecular flexibility index (Phi) is 4.03. The predicted octanol–water partition coefficient (Wildman–Crippen LogP) is 2.63. The Bertz CT molecular complexity index is 283. The monoisotopic (exact) mass is 222 g/mol. The Hall–Kier alpha value is -0.540. The van der Waals surface area contributed by atoms with Gasteiger partial charge in [-0.25, -0.2) is 0 Å². The van der Waals surface area contributed by atoms with Crippen molar-refractivity contribution in [3.63, 3.8) is 0 Å². The fraction of sp³-hybridized carbons (Fsp3) is 0.583. The summed E-state index contributed by atoms with van der Waals surface area (Å²) in [4.78, 5) is 4.37. The van der Waals surface area contributed by atoms with Crippen molar-refractivity contribution >= 4 is 11.8 Å². The van der Waals surface area contributed by atoms with E-state index in [0.29, 0.717) is 12.1 Å². The van der Waals surface area contributed by atoms with Crippen LogP contribution in [0, 0.1) is 0 Å². The van der Waals surface area contributed by atoms with E-state index in [4.69, 9.17) is 0 Å². The molecule has 1 saturated heterocycles. The van der Waals surface area contributed by atoms with Crippen molar-refractivity contribution in [2.24, 2.45) is 0 Å². The maximum atomic E-state index is 4.37. The third kappa shape index (κ3) is 3.21. The molecule has 0 amide bonds. The van der Waals surface area contributed by atoms with E-state index in [1.54, 1.807) is 0 Å². The minimum atomic E-state index is 0.370. The summed E-state index contributed by atoms with van der Waals surface area (Å²) in [7, 11) is 0. The fourth-order valence-corrected chi connectivity index (χ4v) is 3.03. The summed E-state index contributed by atoms with van der Waals surface area (Å²) < 4.78 is 0. The summed E-state index contributed by atoms with van der Waals surface area (Å²) in [6, 6.07) is 7.15. The molecule has 2 rings (SSSR count). The van der Waals surface area contributed by atoms with Crippen LogP contribution in [0.3, 0.4) is 0 Å². The SMILES string of the molecule is C[C@@H](NC1CCCSC1)c1ccccn1. The summed E-state index contributed by atoms with van der Waals surface area (Å²) in [6.07, 6.45) is 4.52. The van der Waals surface area contributed by atoms with E-state index < -0.39 is 0 Å². The third-order valence-electron chi connectivity index (χ3n) is 2.78. The lowest BCUT2D eigenvalue weighted by atomic mass is 10.1. The van der Waals surface area contributed by atoms with Crippen LogP contribution < -0.4 is 5.32 Å². The van der Waals surface area contributed by atoms with Gasteiger partial charge < -0.3 is 5.32 Å². The van der Waals surface area contributed by atoms with Crippen LogP contribution in [0.2, 0.25) is 0 Å². The molecule has 1 unspecified atom stereocenters. The highest BCUT2D eigenvalue weighted by molar-refractivity contribution is 7.99. The smallest absolute Gasteiger partial charge is 0.0570 e. The van der Waals surface area contributed by atoms with Gasteiger partial charge in [0.1, 0.15) is 0 Å². The van der Waals surface area contributed by atoms with E-state index in [9.17, 15) is 0 Å². The number of nitrogens with zero attached hydrogens (tertiary/aromatic N) is 1. The molecule has 1 aromatic heterocycles. The van der Waals surface area contributed by atoms with Gasteiger partial charge in [-0.2, -0.15) is 11.8 Å². The normalized spacial score (nSPS) is 23.7. The lowest BCUT2D eigenvalue weighted by molar-refractivity contribution is 0.447. The second-order valence-corrected chi connectivity index (χ2v) is 5.21. The highest BCUT2D eigenvalue weighted by Gasteiger charge is 2.16. The number of pyridine rings is 1. The number of hydrogen-bond acceptors (Lipinski definition) is 3. The standard InChI is InChI=1S/C12H18N2S/c1-10(12-6-2-3-7-13-12)14-11-5-4-8-15-9-11/h2-3,6-7,10-11,14H,4-5,8-9H2,1H3/t10-,11?/m1/s1.